The normalized spacial score (nSPS) is 12.9. The molecule has 1 aliphatic rings. The molecular formula is C23H20N2O3. The van der Waals surface area contributed by atoms with Crippen molar-refractivity contribution in [1.82, 2.24) is 5.32 Å². The molecule has 5 nitrogen and oxygen atoms in total. The monoisotopic (exact) mass is 372 g/mol. The number of amides is 2. The molecule has 1 aliphatic carbocycles. The average molecular weight is 372 g/mol. The largest absolute Gasteiger partial charge is 0.457 e. The number of benzene rings is 3. The Bertz CT molecular complexity index is 980. The zero-order chi connectivity index (χ0) is 19.3. The van der Waals surface area contributed by atoms with Gasteiger partial charge in [-0.1, -0.05) is 24.3 Å². The number of hydrogen-bond acceptors (Lipinski definition) is 3. The molecule has 4 rings (SSSR count). The first-order valence-corrected chi connectivity index (χ1v) is 9.23. The Kier molecular flexibility index (Phi) is 5.06. The summed E-state index contributed by atoms with van der Waals surface area (Å²) in [5.41, 5.74) is 1.58. The van der Waals surface area contributed by atoms with Crippen molar-refractivity contribution >= 4 is 17.5 Å². The van der Waals surface area contributed by atoms with E-state index < -0.39 is 0 Å². The number of nitrogens with one attached hydrogen (secondary N) is 2. The highest BCUT2D eigenvalue weighted by atomic mass is 16.5. The predicted octanol–water partition coefficient (Wildman–Crippen LogP) is 4.62. The Morgan fingerprint density at radius 2 is 1.39 bits per heavy atom. The van der Waals surface area contributed by atoms with E-state index in [4.69, 9.17) is 4.74 Å². The summed E-state index contributed by atoms with van der Waals surface area (Å²) in [6.45, 7) is 0. The van der Waals surface area contributed by atoms with Gasteiger partial charge in [-0.15, -0.1) is 0 Å². The van der Waals surface area contributed by atoms with Gasteiger partial charge in [-0.3, -0.25) is 9.59 Å². The van der Waals surface area contributed by atoms with E-state index in [9.17, 15) is 9.59 Å². The van der Waals surface area contributed by atoms with Gasteiger partial charge in [0.1, 0.15) is 11.5 Å². The number of ether oxygens (including phenoxy) is 1. The van der Waals surface area contributed by atoms with Gasteiger partial charge in [0.15, 0.2) is 0 Å². The molecule has 0 atom stereocenters. The number of carbonyl (C=O) groups excluding carboxylic acids is 2. The standard InChI is InChI=1S/C23H20N2O3/c26-22(24-18-9-10-18)16-5-4-6-17(15-16)23(27)25-19-11-13-21(14-12-19)28-20-7-2-1-3-8-20/h1-8,11-15,18H,9-10H2,(H,24,26)(H,25,27). The van der Waals surface area contributed by atoms with Crippen LogP contribution in [0.1, 0.15) is 33.6 Å². The minimum atomic E-state index is -0.266. The molecule has 2 amide bonds. The number of anilines is 1. The van der Waals surface area contributed by atoms with Gasteiger partial charge in [0, 0.05) is 22.9 Å². The third-order valence-corrected chi connectivity index (χ3v) is 4.39. The average Bonchev–Trinajstić information content (AvgIpc) is 3.54. The van der Waals surface area contributed by atoms with E-state index in [-0.39, 0.29) is 17.9 Å². The lowest BCUT2D eigenvalue weighted by molar-refractivity contribution is 0.0951. The molecule has 3 aromatic rings. The summed E-state index contributed by atoms with van der Waals surface area (Å²) in [7, 11) is 0. The molecule has 0 spiro atoms. The highest BCUT2D eigenvalue weighted by molar-refractivity contribution is 6.06. The van der Waals surface area contributed by atoms with Gasteiger partial charge < -0.3 is 15.4 Å². The second kappa shape index (κ2) is 7.96. The Morgan fingerprint density at radius 1 is 0.750 bits per heavy atom. The van der Waals surface area contributed by atoms with Crippen molar-refractivity contribution in [2.24, 2.45) is 0 Å². The maximum absolute atomic E-state index is 12.5. The first-order valence-electron chi connectivity index (χ1n) is 9.23. The van der Waals surface area contributed by atoms with Gasteiger partial charge in [-0.25, -0.2) is 0 Å². The van der Waals surface area contributed by atoms with Crippen LogP contribution in [0.2, 0.25) is 0 Å². The predicted molar refractivity (Wildman–Crippen MR) is 108 cm³/mol. The summed E-state index contributed by atoms with van der Waals surface area (Å²) in [4.78, 5) is 24.7. The summed E-state index contributed by atoms with van der Waals surface area (Å²) >= 11 is 0. The van der Waals surface area contributed by atoms with Crippen LogP contribution in [0.4, 0.5) is 5.69 Å². The summed E-state index contributed by atoms with van der Waals surface area (Å²) in [6.07, 6.45) is 2.05. The van der Waals surface area contributed by atoms with Gasteiger partial charge in [0.05, 0.1) is 0 Å². The van der Waals surface area contributed by atoms with Gasteiger partial charge in [0.2, 0.25) is 0 Å². The minimum absolute atomic E-state index is 0.139. The lowest BCUT2D eigenvalue weighted by Gasteiger charge is -2.09. The number of para-hydroxylation sites is 1. The van der Waals surface area contributed by atoms with E-state index >= 15 is 0 Å². The molecule has 5 heteroatoms. The van der Waals surface area contributed by atoms with Crippen LogP contribution >= 0.6 is 0 Å². The topological polar surface area (TPSA) is 67.4 Å². The third kappa shape index (κ3) is 4.57. The molecule has 140 valence electrons. The molecule has 0 aromatic heterocycles. The molecule has 1 saturated carbocycles. The molecule has 3 aromatic carbocycles. The van der Waals surface area contributed by atoms with E-state index in [1.807, 2.05) is 30.3 Å². The van der Waals surface area contributed by atoms with Crippen LogP contribution in [-0.2, 0) is 0 Å². The summed E-state index contributed by atoms with van der Waals surface area (Å²) in [6, 6.07) is 23.6. The van der Waals surface area contributed by atoms with Crippen LogP contribution < -0.4 is 15.4 Å². The van der Waals surface area contributed by atoms with Crippen LogP contribution in [0.5, 0.6) is 11.5 Å². The molecule has 0 radical (unpaired) electrons. The van der Waals surface area contributed by atoms with Crippen LogP contribution in [0.3, 0.4) is 0 Å². The number of rotatable bonds is 6. The molecule has 2 N–H and O–H groups in total. The maximum atomic E-state index is 12.5. The van der Waals surface area contributed by atoms with Crippen LogP contribution in [-0.4, -0.2) is 17.9 Å². The van der Waals surface area contributed by atoms with E-state index in [0.29, 0.717) is 22.6 Å². The molecular weight excluding hydrogens is 352 g/mol. The van der Waals surface area contributed by atoms with E-state index in [2.05, 4.69) is 10.6 Å². The Labute approximate surface area is 163 Å². The summed E-state index contributed by atoms with van der Waals surface area (Å²) in [5, 5.41) is 5.77. The highest BCUT2D eigenvalue weighted by Crippen LogP contribution is 2.23. The zero-order valence-corrected chi connectivity index (χ0v) is 15.2. The van der Waals surface area contributed by atoms with Gasteiger partial charge in [-0.2, -0.15) is 0 Å². The van der Waals surface area contributed by atoms with Crippen molar-refractivity contribution in [2.45, 2.75) is 18.9 Å². The van der Waals surface area contributed by atoms with Gasteiger partial charge in [0.25, 0.3) is 11.8 Å². The van der Waals surface area contributed by atoms with Crippen molar-refractivity contribution < 1.29 is 14.3 Å². The SMILES string of the molecule is O=C(Nc1ccc(Oc2ccccc2)cc1)c1cccc(C(=O)NC2CC2)c1. The van der Waals surface area contributed by atoms with Crippen LogP contribution in [0.15, 0.2) is 78.9 Å². The molecule has 1 fully saturated rings. The van der Waals surface area contributed by atoms with E-state index in [1.165, 1.54) is 0 Å². The lowest BCUT2D eigenvalue weighted by atomic mass is 10.1. The fourth-order valence-corrected chi connectivity index (χ4v) is 2.73. The fourth-order valence-electron chi connectivity index (χ4n) is 2.73. The number of hydrogen-bond donors (Lipinski definition) is 2. The number of carbonyl (C=O) groups is 2. The summed E-state index contributed by atoms with van der Waals surface area (Å²) < 4.78 is 5.74. The molecule has 0 bridgehead atoms. The van der Waals surface area contributed by atoms with Crippen molar-refractivity contribution in [3.63, 3.8) is 0 Å². The molecule has 0 saturated heterocycles. The van der Waals surface area contributed by atoms with E-state index in [0.717, 1.165) is 18.6 Å². The zero-order valence-electron chi connectivity index (χ0n) is 15.2. The molecule has 0 aliphatic heterocycles. The van der Waals surface area contributed by atoms with Crippen molar-refractivity contribution in [3.05, 3.63) is 90.0 Å². The van der Waals surface area contributed by atoms with Crippen molar-refractivity contribution in [1.29, 1.82) is 0 Å². The molecule has 28 heavy (non-hydrogen) atoms. The summed E-state index contributed by atoms with van der Waals surface area (Å²) in [5.74, 6) is 1.03. The van der Waals surface area contributed by atoms with Crippen molar-refractivity contribution in [3.8, 4) is 11.5 Å². The van der Waals surface area contributed by atoms with Crippen LogP contribution in [0, 0.1) is 0 Å². The Hall–Kier alpha value is -3.60. The Morgan fingerprint density at radius 3 is 2.07 bits per heavy atom. The minimum Gasteiger partial charge on any atom is -0.457 e. The van der Waals surface area contributed by atoms with E-state index in [1.54, 1.807) is 48.5 Å². The lowest BCUT2D eigenvalue weighted by Crippen LogP contribution is -2.25. The second-order valence-corrected chi connectivity index (χ2v) is 6.72. The maximum Gasteiger partial charge on any atom is 0.255 e. The molecule has 0 unspecified atom stereocenters. The molecule has 0 heterocycles. The smallest absolute Gasteiger partial charge is 0.255 e. The Balaban J connectivity index is 1.39. The fraction of sp³-hybridized carbons (Fsp3) is 0.130. The van der Waals surface area contributed by atoms with Crippen molar-refractivity contribution in [2.75, 3.05) is 5.32 Å². The third-order valence-electron chi connectivity index (χ3n) is 4.39. The van der Waals surface area contributed by atoms with Gasteiger partial charge in [-0.05, 0) is 67.4 Å². The second-order valence-electron chi connectivity index (χ2n) is 6.72. The first-order chi connectivity index (χ1) is 13.7. The first kappa shape index (κ1) is 17.8. The van der Waals surface area contributed by atoms with Gasteiger partial charge >= 0.3 is 0 Å². The highest BCUT2D eigenvalue weighted by Gasteiger charge is 2.24. The quantitative estimate of drug-likeness (QED) is 0.663. The van der Waals surface area contributed by atoms with Crippen LogP contribution in [0.25, 0.3) is 0 Å².